The molecule has 0 bridgehead atoms. The van der Waals surface area contributed by atoms with Gasteiger partial charge in [-0.3, -0.25) is 15.5 Å². The van der Waals surface area contributed by atoms with E-state index >= 15 is 0 Å². The summed E-state index contributed by atoms with van der Waals surface area (Å²) < 4.78 is 25.6. The number of nitrogen functional groups attached to an aromatic ring is 1. The van der Waals surface area contributed by atoms with Crippen molar-refractivity contribution in [1.82, 2.24) is 19.2 Å². The van der Waals surface area contributed by atoms with E-state index in [1.165, 1.54) is 10.6 Å². The van der Waals surface area contributed by atoms with E-state index in [1.807, 2.05) is 0 Å². The lowest BCUT2D eigenvalue weighted by atomic mass is 9.83. The van der Waals surface area contributed by atoms with Crippen LogP contribution in [0.1, 0.15) is 47.1 Å². The number of anilines is 1. The van der Waals surface area contributed by atoms with Gasteiger partial charge in [-0.05, 0) is 55.4 Å². The van der Waals surface area contributed by atoms with Gasteiger partial charge in [-0.15, -0.1) is 0 Å². The maximum Gasteiger partial charge on any atom is 0.409 e. The van der Waals surface area contributed by atoms with Gasteiger partial charge in [0.2, 0.25) is 10.0 Å². The zero-order valence-corrected chi connectivity index (χ0v) is 24.5. The monoisotopic (exact) mass is 613 g/mol. The molecule has 0 aliphatic carbocycles. The van der Waals surface area contributed by atoms with Crippen molar-refractivity contribution < 1.29 is 23.1 Å². The molecule has 2 aromatic carbocycles. The summed E-state index contributed by atoms with van der Waals surface area (Å²) in [5.41, 5.74) is 8.13. The molecule has 42 heavy (non-hydrogen) atoms. The second kappa shape index (κ2) is 11.7. The van der Waals surface area contributed by atoms with E-state index in [4.69, 9.17) is 32.8 Å². The van der Waals surface area contributed by atoms with Crippen molar-refractivity contribution in [2.75, 3.05) is 31.2 Å². The largest absolute Gasteiger partial charge is 0.465 e. The number of rotatable bonds is 7. The van der Waals surface area contributed by atoms with Crippen LogP contribution in [-0.4, -0.2) is 76.4 Å². The molecule has 6 N–H and O–H groups in total. The van der Waals surface area contributed by atoms with Crippen molar-refractivity contribution in [3.8, 4) is 11.3 Å². The van der Waals surface area contributed by atoms with Gasteiger partial charge in [-0.2, -0.15) is 0 Å². The predicted octanol–water partition coefficient (Wildman–Crippen LogP) is 3.98. The Morgan fingerprint density at radius 3 is 2.26 bits per heavy atom. The van der Waals surface area contributed by atoms with Gasteiger partial charge in [0, 0.05) is 42.0 Å². The first kappa shape index (κ1) is 29.5. The molecule has 12 nitrogen and oxygen atoms in total. The highest BCUT2D eigenvalue weighted by Crippen LogP contribution is 2.43. The number of nitrogens with two attached hydrogens (primary N) is 1. The van der Waals surface area contributed by atoms with Crippen molar-refractivity contribution in [2.24, 2.45) is 17.6 Å². The molecule has 3 aromatic rings. The summed E-state index contributed by atoms with van der Waals surface area (Å²) in [6.07, 6.45) is 2.11. The Morgan fingerprint density at radius 2 is 1.69 bits per heavy atom. The number of halogens is 1. The molecule has 2 aliphatic heterocycles. The number of piperidine rings is 1. The molecular formula is C28H32ClN7O5S. The molecule has 2 atom stereocenters. The second-order valence-corrected chi connectivity index (χ2v) is 13.1. The second-order valence-electron chi connectivity index (χ2n) is 10.8. The Labute approximate surface area is 248 Å². The van der Waals surface area contributed by atoms with Crippen LogP contribution < -0.4 is 11.1 Å². The number of amidine groups is 1. The number of aromatic nitrogens is 2. The van der Waals surface area contributed by atoms with Gasteiger partial charge in [0.1, 0.15) is 22.5 Å². The van der Waals surface area contributed by atoms with E-state index in [9.17, 15) is 18.0 Å². The molecule has 14 heteroatoms. The molecule has 0 saturated carbocycles. The van der Waals surface area contributed by atoms with E-state index in [1.54, 1.807) is 53.4 Å². The van der Waals surface area contributed by atoms with Gasteiger partial charge in [0.05, 0.1) is 12.3 Å². The highest BCUT2D eigenvalue weighted by Gasteiger charge is 2.42. The first-order valence-corrected chi connectivity index (χ1v) is 15.7. The van der Waals surface area contributed by atoms with E-state index < -0.39 is 22.2 Å². The zero-order valence-electron chi connectivity index (χ0n) is 22.9. The fourth-order valence-electron chi connectivity index (χ4n) is 5.88. The Bertz CT molecular complexity index is 1600. The van der Waals surface area contributed by atoms with Crippen LogP contribution in [0.25, 0.3) is 11.3 Å². The smallest absolute Gasteiger partial charge is 0.409 e. The number of benzene rings is 2. The first-order valence-electron chi connectivity index (χ1n) is 13.5. The molecule has 3 heterocycles. The first-order chi connectivity index (χ1) is 19.9. The lowest BCUT2D eigenvalue weighted by Crippen LogP contribution is -2.40. The third-order valence-corrected chi connectivity index (χ3v) is 9.65. The predicted molar refractivity (Wildman–Crippen MR) is 159 cm³/mol. The van der Waals surface area contributed by atoms with E-state index in [2.05, 4.69) is 10.3 Å². The average molecular weight is 614 g/mol. The van der Waals surface area contributed by atoms with Crippen LogP contribution in [0.5, 0.6) is 0 Å². The molecule has 2 amide bonds. The maximum absolute atomic E-state index is 13.8. The quantitative estimate of drug-likeness (QED) is 0.197. The van der Waals surface area contributed by atoms with E-state index in [0.717, 1.165) is 0 Å². The number of nitrogens with one attached hydrogen (secondary N) is 3. The minimum absolute atomic E-state index is 0.0851. The summed E-state index contributed by atoms with van der Waals surface area (Å²) in [5, 5.41) is 19.2. The Kier molecular flexibility index (Phi) is 8.26. The molecule has 5 rings (SSSR count). The van der Waals surface area contributed by atoms with Crippen LogP contribution in [0.15, 0.2) is 48.5 Å². The number of likely N-dealkylation sites (tertiary alicyclic amines) is 1. The van der Waals surface area contributed by atoms with Gasteiger partial charge in [0.15, 0.2) is 0 Å². The van der Waals surface area contributed by atoms with Gasteiger partial charge in [0.25, 0.3) is 5.91 Å². The molecule has 222 valence electrons. The van der Waals surface area contributed by atoms with Crippen molar-refractivity contribution >= 4 is 45.1 Å². The van der Waals surface area contributed by atoms with Gasteiger partial charge >= 0.3 is 6.09 Å². The fraction of sp³-hybridized carbons (Fsp3) is 0.357. The van der Waals surface area contributed by atoms with Gasteiger partial charge < -0.3 is 20.7 Å². The number of hydrogen-bond acceptors (Lipinski definition) is 6. The number of imidazole rings is 1. The van der Waals surface area contributed by atoms with Crippen LogP contribution in [0.4, 0.5) is 10.5 Å². The molecule has 0 spiro atoms. The summed E-state index contributed by atoms with van der Waals surface area (Å²) in [4.78, 5) is 34.5. The number of hydrogen-bond donors (Lipinski definition) is 5. The summed E-state index contributed by atoms with van der Waals surface area (Å²) in [5.74, 6) is 0.628. The highest BCUT2D eigenvalue weighted by atomic mass is 35.5. The summed E-state index contributed by atoms with van der Waals surface area (Å²) >= 11 is 6.59. The van der Waals surface area contributed by atoms with Crippen molar-refractivity contribution in [3.63, 3.8) is 0 Å². The third-order valence-electron chi connectivity index (χ3n) is 8.07. The molecule has 1 aromatic heterocycles. The van der Waals surface area contributed by atoms with Gasteiger partial charge in [-0.1, -0.05) is 35.9 Å². The van der Waals surface area contributed by atoms with Crippen molar-refractivity contribution in [3.05, 3.63) is 70.6 Å². The van der Waals surface area contributed by atoms with E-state index in [0.29, 0.717) is 77.9 Å². The Balaban J connectivity index is 1.42. The van der Waals surface area contributed by atoms with Crippen molar-refractivity contribution in [2.45, 2.75) is 25.3 Å². The number of carbonyl (C=O) groups is 2. The fourth-order valence-corrected chi connectivity index (χ4v) is 7.01. The Morgan fingerprint density at radius 1 is 1.07 bits per heavy atom. The number of nitrogens with zero attached hydrogens (tertiary/aromatic N) is 3. The minimum Gasteiger partial charge on any atom is -0.465 e. The lowest BCUT2D eigenvalue weighted by Gasteiger charge is -2.33. The minimum atomic E-state index is -3.25. The SMILES string of the molecule is CS(=O)(=O)N1CCC(C2CC(c3nc(-c4ccc(NC(=O)O)cc4)c(Cl)[nH]3)N(C(=O)c3ccc(C(=N)N)cc3)C2)CC1. The zero-order chi connectivity index (χ0) is 30.2. The molecule has 2 unspecified atom stereocenters. The van der Waals surface area contributed by atoms with Crippen LogP contribution in [0.2, 0.25) is 5.15 Å². The standard InChI is InChI=1S/C28H32ClN7O5S/c1-42(40,41)35-12-10-16(11-13-35)20-14-22(36(15-20)27(37)19-4-2-18(3-5-19)25(30)31)26-33-23(24(29)34-26)17-6-8-21(9-7-17)32-28(38)39/h2-9,16,20,22,32H,10-15H2,1H3,(H3,30,31)(H,33,34)(H,38,39). The van der Waals surface area contributed by atoms with Crippen LogP contribution >= 0.6 is 11.6 Å². The molecule has 2 fully saturated rings. The van der Waals surface area contributed by atoms with Crippen LogP contribution in [0, 0.1) is 17.2 Å². The summed E-state index contributed by atoms with van der Waals surface area (Å²) in [7, 11) is -3.25. The average Bonchev–Trinajstić information content (AvgIpc) is 3.56. The number of carboxylic acid groups (broad SMARTS) is 1. The Hall–Kier alpha value is -3.94. The lowest BCUT2D eigenvalue weighted by molar-refractivity contribution is 0.0720. The topological polar surface area (TPSA) is 186 Å². The summed E-state index contributed by atoms with van der Waals surface area (Å²) in [6, 6.07) is 12.8. The van der Waals surface area contributed by atoms with Crippen molar-refractivity contribution in [1.29, 1.82) is 5.41 Å². The highest BCUT2D eigenvalue weighted by molar-refractivity contribution is 7.88. The summed E-state index contributed by atoms with van der Waals surface area (Å²) in [6.45, 7) is 1.38. The normalized spacial score (nSPS) is 20.0. The van der Waals surface area contributed by atoms with Crippen LogP contribution in [-0.2, 0) is 10.0 Å². The maximum atomic E-state index is 13.8. The van der Waals surface area contributed by atoms with Gasteiger partial charge in [-0.25, -0.2) is 22.5 Å². The molecule has 2 aliphatic rings. The number of amides is 2. The number of aromatic amines is 1. The number of sulfonamides is 1. The number of carbonyl (C=O) groups excluding carboxylic acids is 1. The van der Waals surface area contributed by atoms with E-state index in [-0.39, 0.29) is 23.6 Å². The third kappa shape index (κ3) is 6.27. The molecule has 2 saturated heterocycles. The van der Waals surface area contributed by atoms with Crippen LogP contribution in [0.3, 0.4) is 0 Å². The number of H-pyrrole nitrogens is 1. The molecule has 0 radical (unpaired) electrons. The molecular weight excluding hydrogens is 582 g/mol.